The summed E-state index contributed by atoms with van der Waals surface area (Å²) in [6.07, 6.45) is 5.90. The molecule has 1 aromatic rings. The molecule has 2 aliphatic rings. The van der Waals surface area contributed by atoms with Gasteiger partial charge in [-0.1, -0.05) is 6.42 Å². The fourth-order valence-corrected chi connectivity index (χ4v) is 2.99. The summed E-state index contributed by atoms with van der Waals surface area (Å²) in [5.74, 6) is 1.32. The summed E-state index contributed by atoms with van der Waals surface area (Å²) < 4.78 is 19.5. The molecule has 0 aromatic heterocycles. The van der Waals surface area contributed by atoms with Gasteiger partial charge in [-0.25, -0.2) is 4.39 Å². The Kier molecular flexibility index (Phi) is 3.25. The van der Waals surface area contributed by atoms with Gasteiger partial charge in [-0.3, -0.25) is 0 Å². The van der Waals surface area contributed by atoms with Gasteiger partial charge < -0.3 is 10.5 Å². The van der Waals surface area contributed by atoms with E-state index < -0.39 is 0 Å². The molecule has 2 nitrogen and oxygen atoms in total. The number of nitrogens with two attached hydrogens (primary N) is 1. The zero-order valence-electron chi connectivity index (χ0n) is 11.5. The number of halogens is 1. The van der Waals surface area contributed by atoms with Gasteiger partial charge in [0, 0.05) is 17.0 Å². The molecule has 3 heteroatoms. The van der Waals surface area contributed by atoms with Crippen LogP contribution in [0.15, 0.2) is 18.2 Å². The van der Waals surface area contributed by atoms with Crippen molar-refractivity contribution >= 4 is 0 Å². The van der Waals surface area contributed by atoms with Crippen LogP contribution in [0.1, 0.15) is 44.6 Å². The van der Waals surface area contributed by atoms with Crippen LogP contribution in [-0.2, 0) is 5.41 Å². The van der Waals surface area contributed by atoms with Crippen molar-refractivity contribution in [1.82, 2.24) is 0 Å². The van der Waals surface area contributed by atoms with E-state index in [1.165, 1.54) is 25.3 Å². The fraction of sp³-hybridized carbons (Fsp3) is 0.625. The number of rotatable bonds is 5. The molecule has 2 aliphatic carbocycles. The summed E-state index contributed by atoms with van der Waals surface area (Å²) >= 11 is 0. The molecular weight excluding hydrogens is 241 g/mol. The first kappa shape index (κ1) is 12.9. The lowest BCUT2D eigenvalue weighted by molar-refractivity contribution is 0.178. The molecule has 0 amide bonds. The van der Waals surface area contributed by atoms with E-state index in [1.54, 1.807) is 12.1 Å². The van der Waals surface area contributed by atoms with Gasteiger partial charge in [0.2, 0.25) is 0 Å². The molecule has 0 spiro atoms. The Bertz CT molecular complexity index is 464. The predicted molar refractivity (Wildman–Crippen MR) is 73.8 cm³/mol. The topological polar surface area (TPSA) is 35.2 Å². The normalized spacial score (nSPS) is 22.7. The number of ether oxygens (including phenoxy) is 1. The van der Waals surface area contributed by atoms with E-state index >= 15 is 0 Å². The molecule has 0 bridgehead atoms. The van der Waals surface area contributed by atoms with Crippen molar-refractivity contribution in [2.24, 2.45) is 11.7 Å². The van der Waals surface area contributed by atoms with Crippen molar-refractivity contribution in [3.05, 3.63) is 29.6 Å². The second-order valence-corrected chi connectivity index (χ2v) is 6.19. The summed E-state index contributed by atoms with van der Waals surface area (Å²) in [4.78, 5) is 0. The smallest absolute Gasteiger partial charge is 0.123 e. The lowest BCUT2D eigenvalue weighted by Crippen LogP contribution is -2.32. The van der Waals surface area contributed by atoms with Gasteiger partial charge in [-0.2, -0.15) is 0 Å². The van der Waals surface area contributed by atoms with Crippen LogP contribution in [0.2, 0.25) is 0 Å². The average Bonchev–Trinajstić information content (AvgIpc) is 3.10. The lowest BCUT2D eigenvalue weighted by atomic mass is 9.86. The van der Waals surface area contributed by atoms with Crippen LogP contribution < -0.4 is 10.5 Å². The Balaban J connectivity index is 1.82. The minimum atomic E-state index is -0.196. The number of hydrogen-bond acceptors (Lipinski definition) is 2. The van der Waals surface area contributed by atoms with Gasteiger partial charge in [-0.15, -0.1) is 0 Å². The zero-order valence-corrected chi connectivity index (χ0v) is 11.5. The van der Waals surface area contributed by atoms with Gasteiger partial charge in [-0.05, 0) is 56.7 Å². The van der Waals surface area contributed by atoms with Crippen molar-refractivity contribution in [3.63, 3.8) is 0 Å². The first-order chi connectivity index (χ1) is 9.12. The Morgan fingerprint density at radius 1 is 1.42 bits per heavy atom. The van der Waals surface area contributed by atoms with Crippen LogP contribution in [0, 0.1) is 11.7 Å². The maximum absolute atomic E-state index is 13.5. The minimum Gasteiger partial charge on any atom is -0.493 e. The number of hydrogen-bond donors (Lipinski definition) is 1. The molecule has 2 saturated carbocycles. The maximum Gasteiger partial charge on any atom is 0.123 e. The van der Waals surface area contributed by atoms with Crippen molar-refractivity contribution in [1.29, 1.82) is 0 Å². The van der Waals surface area contributed by atoms with Crippen LogP contribution in [0.25, 0.3) is 0 Å². The van der Waals surface area contributed by atoms with Crippen LogP contribution >= 0.6 is 0 Å². The summed E-state index contributed by atoms with van der Waals surface area (Å²) in [6.45, 7) is 2.77. The minimum absolute atomic E-state index is 0.0420. The Morgan fingerprint density at radius 3 is 2.68 bits per heavy atom. The molecule has 2 N–H and O–H groups in total. The molecule has 1 unspecified atom stereocenters. The zero-order chi connectivity index (χ0) is 13.5. The Labute approximate surface area is 114 Å². The van der Waals surface area contributed by atoms with E-state index in [0.29, 0.717) is 5.92 Å². The first-order valence-corrected chi connectivity index (χ1v) is 7.30. The standard InChI is InChI=1S/C16H22FNO/c1-11(18)16(7-8-16)14-9-13(17)5-6-15(14)19-10-12-3-2-4-12/h5-6,9,11-12H,2-4,7-8,10,18H2,1H3. The summed E-state index contributed by atoms with van der Waals surface area (Å²) in [7, 11) is 0. The van der Waals surface area contributed by atoms with E-state index in [4.69, 9.17) is 10.5 Å². The van der Waals surface area contributed by atoms with Gasteiger partial charge in [0.25, 0.3) is 0 Å². The lowest BCUT2D eigenvalue weighted by Gasteiger charge is -2.28. The van der Waals surface area contributed by atoms with E-state index in [1.807, 2.05) is 6.92 Å². The molecule has 2 fully saturated rings. The van der Waals surface area contributed by atoms with E-state index in [0.717, 1.165) is 30.8 Å². The first-order valence-electron chi connectivity index (χ1n) is 7.30. The van der Waals surface area contributed by atoms with Crippen molar-refractivity contribution in [2.45, 2.75) is 50.5 Å². The second-order valence-electron chi connectivity index (χ2n) is 6.19. The summed E-state index contributed by atoms with van der Waals surface area (Å²) in [6, 6.07) is 4.91. The molecule has 104 valence electrons. The molecule has 0 saturated heterocycles. The van der Waals surface area contributed by atoms with Crippen molar-refractivity contribution in [2.75, 3.05) is 6.61 Å². The van der Waals surface area contributed by atoms with E-state index in [-0.39, 0.29) is 17.3 Å². The number of benzene rings is 1. The van der Waals surface area contributed by atoms with Crippen LogP contribution in [-0.4, -0.2) is 12.6 Å². The van der Waals surface area contributed by atoms with Crippen molar-refractivity contribution < 1.29 is 9.13 Å². The molecule has 1 aromatic carbocycles. The largest absolute Gasteiger partial charge is 0.493 e. The highest BCUT2D eigenvalue weighted by Gasteiger charge is 2.49. The highest BCUT2D eigenvalue weighted by atomic mass is 19.1. The average molecular weight is 263 g/mol. The third-order valence-electron chi connectivity index (χ3n) is 4.84. The van der Waals surface area contributed by atoms with Gasteiger partial charge in [0.1, 0.15) is 11.6 Å². The molecule has 3 rings (SSSR count). The molecule has 1 atom stereocenters. The Hall–Kier alpha value is -1.09. The molecule has 0 heterocycles. The highest BCUT2D eigenvalue weighted by Crippen LogP contribution is 2.53. The van der Waals surface area contributed by atoms with Gasteiger partial charge >= 0.3 is 0 Å². The van der Waals surface area contributed by atoms with Gasteiger partial charge in [0.15, 0.2) is 0 Å². The molecule has 19 heavy (non-hydrogen) atoms. The van der Waals surface area contributed by atoms with E-state index in [2.05, 4.69) is 0 Å². The summed E-state index contributed by atoms with van der Waals surface area (Å²) in [5, 5.41) is 0. The van der Waals surface area contributed by atoms with Crippen molar-refractivity contribution in [3.8, 4) is 5.75 Å². The second kappa shape index (κ2) is 4.78. The maximum atomic E-state index is 13.5. The predicted octanol–water partition coefficient (Wildman–Crippen LogP) is 3.38. The summed E-state index contributed by atoms with van der Waals surface area (Å²) in [5.41, 5.74) is 7.01. The fourth-order valence-electron chi connectivity index (χ4n) is 2.99. The van der Waals surface area contributed by atoms with Crippen LogP contribution in [0.3, 0.4) is 0 Å². The monoisotopic (exact) mass is 263 g/mol. The van der Waals surface area contributed by atoms with Crippen LogP contribution in [0.5, 0.6) is 5.75 Å². The highest BCUT2D eigenvalue weighted by molar-refractivity contribution is 5.45. The Morgan fingerprint density at radius 2 is 2.16 bits per heavy atom. The molecular formula is C16H22FNO. The van der Waals surface area contributed by atoms with E-state index in [9.17, 15) is 4.39 Å². The SMILES string of the molecule is CC(N)C1(c2cc(F)ccc2OCC2CCC2)CC1. The van der Waals surface area contributed by atoms with Crippen LogP contribution in [0.4, 0.5) is 4.39 Å². The third-order valence-corrected chi connectivity index (χ3v) is 4.84. The third kappa shape index (κ3) is 2.36. The quantitative estimate of drug-likeness (QED) is 0.884. The molecule has 0 radical (unpaired) electrons. The van der Waals surface area contributed by atoms with Gasteiger partial charge in [0.05, 0.1) is 6.61 Å². The molecule has 0 aliphatic heterocycles.